The summed E-state index contributed by atoms with van der Waals surface area (Å²) in [6.45, 7) is 2.29. The fourth-order valence-electron chi connectivity index (χ4n) is 3.26. The molecule has 0 spiro atoms. The second-order valence-electron chi connectivity index (χ2n) is 5.19. The van der Waals surface area contributed by atoms with Crippen molar-refractivity contribution in [1.82, 2.24) is 4.90 Å². The first kappa shape index (κ1) is 14.5. The van der Waals surface area contributed by atoms with Gasteiger partial charge in [-0.15, -0.1) is 12.4 Å². The molecule has 1 nitrogen and oxygen atoms in total. The number of rotatable bonds is 3. The highest BCUT2D eigenvalue weighted by Gasteiger charge is 2.37. The molecule has 0 aromatic heterocycles. The van der Waals surface area contributed by atoms with Gasteiger partial charge >= 0.3 is 0 Å². The summed E-state index contributed by atoms with van der Waals surface area (Å²) >= 11 is 0. The van der Waals surface area contributed by atoms with Crippen LogP contribution < -0.4 is 0 Å². The van der Waals surface area contributed by atoms with Crippen molar-refractivity contribution in [3.8, 4) is 0 Å². The van der Waals surface area contributed by atoms with Crippen molar-refractivity contribution in [2.45, 2.75) is 44.6 Å². The van der Waals surface area contributed by atoms with E-state index in [1.54, 1.807) is 11.1 Å². The van der Waals surface area contributed by atoms with Gasteiger partial charge in [-0.05, 0) is 50.9 Å². The summed E-state index contributed by atoms with van der Waals surface area (Å²) in [6.07, 6.45) is 6.43. The summed E-state index contributed by atoms with van der Waals surface area (Å²) in [6, 6.07) is 9.02. The number of hydrogen-bond donors (Lipinski definition) is 0. The molecule has 1 unspecified atom stereocenters. The lowest BCUT2D eigenvalue weighted by atomic mass is 9.73. The number of halogens is 1. The molecule has 17 heavy (non-hydrogen) atoms. The lowest BCUT2D eigenvalue weighted by Crippen LogP contribution is -2.44. The van der Waals surface area contributed by atoms with Gasteiger partial charge in [-0.2, -0.15) is 0 Å². The average molecular weight is 254 g/mol. The van der Waals surface area contributed by atoms with E-state index in [2.05, 4.69) is 50.2 Å². The van der Waals surface area contributed by atoms with Gasteiger partial charge in [0.25, 0.3) is 0 Å². The lowest BCUT2D eigenvalue weighted by Gasteiger charge is -2.44. The Labute approximate surface area is 112 Å². The zero-order valence-electron chi connectivity index (χ0n) is 11.2. The third-order valence-electron chi connectivity index (χ3n) is 4.07. The molecule has 0 bridgehead atoms. The Morgan fingerprint density at radius 2 is 1.94 bits per heavy atom. The number of nitrogens with zero attached hydrogens (tertiary/aromatic N) is 1. The van der Waals surface area contributed by atoms with E-state index in [9.17, 15) is 0 Å². The first-order valence-corrected chi connectivity index (χ1v) is 6.46. The van der Waals surface area contributed by atoms with Crippen LogP contribution in [0.15, 0.2) is 24.3 Å². The minimum absolute atomic E-state index is 0. The van der Waals surface area contributed by atoms with Crippen molar-refractivity contribution in [2.24, 2.45) is 0 Å². The normalized spacial score (nSPS) is 23.1. The van der Waals surface area contributed by atoms with Gasteiger partial charge in [0.15, 0.2) is 0 Å². The summed E-state index contributed by atoms with van der Waals surface area (Å²) in [4.78, 5) is 2.44. The van der Waals surface area contributed by atoms with E-state index in [1.165, 1.54) is 32.1 Å². The van der Waals surface area contributed by atoms with Crippen LogP contribution in [-0.2, 0) is 12.0 Å². The summed E-state index contributed by atoms with van der Waals surface area (Å²) in [7, 11) is 4.47. The second-order valence-corrected chi connectivity index (χ2v) is 5.19. The van der Waals surface area contributed by atoms with Gasteiger partial charge < -0.3 is 0 Å². The van der Waals surface area contributed by atoms with Crippen LogP contribution in [0.1, 0.15) is 43.7 Å². The van der Waals surface area contributed by atoms with Gasteiger partial charge in [-0.1, -0.05) is 37.6 Å². The highest BCUT2D eigenvalue weighted by molar-refractivity contribution is 5.85. The summed E-state index contributed by atoms with van der Waals surface area (Å²) in [5, 5.41) is 0. The Morgan fingerprint density at radius 3 is 2.59 bits per heavy atom. The zero-order chi connectivity index (χ0) is 11.6. The largest absolute Gasteiger partial charge is 0.300 e. The van der Waals surface area contributed by atoms with E-state index >= 15 is 0 Å². The van der Waals surface area contributed by atoms with Gasteiger partial charge in [0.1, 0.15) is 0 Å². The fourth-order valence-corrected chi connectivity index (χ4v) is 3.26. The molecule has 1 aliphatic rings. The van der Waals surface area contributed by atoms with E-state index in [0.29, 0.717) is 5.54 Å². The minimum Gasteiger partial charge on any atom is -0.300 e. The molecule has 2 rings (SSSR count). The molecule has 1 atom stereocenters. The fraction of sp³-hybridized carbons (Fsp3) is 0.600. The summed E-state index contributed by atoms with van der Waals surface area (Å²) in [5.41, 5.74) is 3.44. The van der Waals surface area contributed by atoms with E-state index in [4.69, 9.17) is 0 Å². The van der Waals surface area contributed by atoms with Crippen LogP contribution in [0.3, 0.4) is 0 Å². The minimum atomic E-state index is 0. The van der Waals surface area contributed by atoms with Crippen LogP contribution in [0, 0.1) is 0 Å². The van der Waals surface area contributed by atoms with Gasteiger partial charge in [0.2, 0.25) is 0 Å². The Hall–Kier alpha value is -0.530. The van der Waals surface area contributed by atoms with Gasteiger partial charge in [0, 0.05) is 5.54 Å². The first-order chi connectivity index (χ1) is 7.70. The van der Waals surface area contributed by atoms with Crippen LogP contribution in [0.2, 0.25) is 0 Å². The second kappa shape index (κ2) is 5.88. The molecule has 0 saturated heterocycles. The molecule has 0 N–H and O–H groups in total. The molecule has 0 saturated carbocycles. The molecule has 96 valence electrons. The Balaban J connectivity index is 0.00000144. The predicted molar refractivity (Wildman–Crippen MR) is 76.9 cm³/mol. The van der Waals surface area contributed by atoms with Gasteiger partial charge in [-0.3, -0.25) is 4.90 Å². The molecule has 0 aliphatic heterocycles. The van der Waals surface area contributed by atoms with Crippen LogP contribution >= 0.6 is 12.4 Å². The van der Waals surface area contributed by atoms with Crippen molar-refractivity contribution < 1.29 is 0 Å². The van der Waals surface area contributed by atoms with E-state index in [1.807, 2.05) is 0 Å². The summed E-state index contributed by atoms with van der Waals surface area (Å²) < 4.78 is 0. The Morgan fingerprint density at radius 1 is 1.24 bits per heavy atom. The zero-order valence-corrected chi connectivity index (χ0v) is 12.0. The third-order valence-corrected chi connectivity index (χ3v) is 4.07. The molecule has 0 fully saturated rings. The summed E-state index contributed by atoms with van der Waals surface area (Å²) in [5.74, 6) is 0. The highest BCUT2D eigenvalue weighted by atomic mass is 35.5. The molecule has 0 amide bonds. The third kappa shape index (κ3) is 2.51. The van der Waals surface area contributed by atoms with Crippen molar-refractivity contribution in [3.05, 3.63) is 35.4 Å². The monoisotopic (exact) mass is 253 g/mol. The first-order valence-electron chi connectivity index (χ1n) is 6.46. The number of benzene rings is 1. The molecule has 1 aliphatic carbocycles. The van der Waals surface area contributed by atoms with Crippen molar-refractivity contribution >= 4 is 12.4 Å². The molecule has 1 aromatic carbocycles. The van der Waals surface area contributed by atoms with Crippen molar-refractivity contribution in [3.63, 3.8) is 0 Å². The quantitative estimate of drug-likeness (QED) is 0.787. The topological polar surface area (TPSA) is 3.24 Å². The SMILES string of the molecule is CCCC1(N(C)C)CCCc2ccccc21.Cl. The van der Waals surface area contributed by atoms with Crippen LogP contribution in [0.5, 0.6) is 0 Å². The smallest absolute Gasteiger partial charge is 0.0457 e. The molecule has 2 heteroatoms. The van der Waals surface area contributed by atoms with Crippen molar-refractivity contribution in [2.75, 3.05) is 14.1 Å². The standard InChI is InChI=1S/C15H23N.ClH/c1-4-11-15(16(2)3)12-7-9-13-8-5-6-10-14(13)15;/h5-6,8,10H,4,7,9,11-12H2,1-3H3;1H. The maximum atomic E-state index is 2.44. The van der Waals surface area contributed by atoms with Crippen molar-refractivity contribution in [1.29, 1.82) is 0 Å². The number of hydrogen-bond acceptors (Lipinski definition) is 1. The van der Waals surface area contributed by atoms with E-state index in [-0.39, 0.29) is 12.4 Å². The molecular weight excluding hydrogens is 230 g/mol. The van der Waals surface area contributed by atoms with Crippen LogP contribution in [0.25, 0.3) is 0 Å². The van der Waals surface area contributed by atoms with Crippen LogP contribution in [-0.4, -0.2) is 19.0 Å². The average Bonchev–Trinajstić information content (AvgIpc) is 2.29. The Kier molecular flexibility index (Phi) is 5.03. The van der Waals surface area contributed by atoms with Crippen LogP contribution in [0.4, 0.5) is 0 Å². The molecule has 0 radical (unpaired) electrons. The van der Waals surface area contributed by atoms with E-state index in [0.717, 1.165) is 0 Å². The predicted octanol–water partition coefficient (Wildman–Crippen LogP) is 4.00. The van der Waals surface area contributed by atoms with Gasteiger partial charge in [0.05, 0.1) is 0 Å². The van der Waals surface area contributed by atoms with E-state index < -0.39 is 0 Å². The lowest BCUT2D eigenvalue weighted by molar-refractivity contribution is 0.113. The Bertz CT molecular complexity index is 362. The molecular formula is C15H24ClN. The maximum Gasteiger partial charge on any atom is 0.0457 e. The number of aryl methyl sites for hydroxylation is 1. The van der Waals surface area contributed by atoms with Gasteiger partial charge in [-0.25, -0.2) is 0 Å². The highest BCUT2D eigenvalue weighted by Crippen LogP contribution is 2.42. The number of fused-ring (bicyclic) bond motifs is 1. The molecule has 1 aromatic rings. The molecule has 0 heterocycles. The maximum absolute atomic E-state index is 2.44.